The number of rotatable bonds is 5. The van der Waals surface area contributed by atoms with Gasteiger partial charge in [0.25, 0.3) is 0 Å². The van der Waals surface area contributed by atoms with Gasteiger partial charge in [-0.3, -0.25) is 0 Å². The first-order valence-corrected chi connectivity index (χ1v) is 7.74. The molecule has 3 heteroatoms. The Morgan fingerprint density at radius 3 is 2.26 bits per heavy atom. The summed E-state index contributed by atoms with van der Waals surface area (Å²) in [5.74, 6) is 0.814. The van der Waals surface area contributed by atoms with E-state index in [1.807, 2.05) is 66.7 Å². The first-order valence-electron chi connectivity index (χ1n) is 7.74. The molecule has 118 valence electrons. The van der Waals surface area contributed by atoms with Gasteiger partial charge in [-0.25, -0.2) is 0 Å². The Morgan fingerprint density at radius 2 is 1.57 bits per heavy atom. The van der Waals surface area contributed by atoms with Crippen LogP contribution in [0.5, 0.6) is 5.75 Å². The van der Waals surface area contributed by atoms with Gasteiger partial charge in [-0.1, -0.05) is 60.7 Å². The summed E-state index contributed by atoms with van der Waals surface area (Å²) in [6.07, 6.45) is -0.114. The van der Waals surface area contributed by atoms with Gasteiger partial charge in [-0.2, -0.15) is 0 Å². The molecule has 0 spiro atoms. The minimum absolute atomic E-state index is 0.453. The van der Waals surface area contributed by atoms with Crippen LogP contribution < -0.4 is 10.5 Å². The highest BCUT2D eigenvalue weighted by atomic mass is 16.5. The van der Waals surface area contributed by atoms with Crippen molar-refractivity contribution in [1.82, 2.24) is 0 Å². The average Bonchev–Trinajstić information content (AvgIpc) is 2.61. The van der Waals surface area contributed by atoms with E-state index in [1.54, 1.807) is 7.11 Å². The molecule has 0 saturated carbocycles. The standard InChI is InChI=1S/C20H21NO2/c1-23-19-12-11-17(15-9-5-6-10-16(15)19)20(21)18(22)13-14-7-3-2-4-8-14/h2-12,18,20,22H,13,21H2,1H3/t18-,20+/m0/s1. The van der Waals surface area contributed by atoms with Crippen LogP contribution in [0.1, 0.15) is 17.2 Å². The third-order valence-corrected chi connectivity index (χ3v) is 4.20. The van der Waals surface area contributed by atoms with Crippen LogP contribution in [-0.4, -0.2) is 18.3 Å². The number of nitrogens with two attached hydrogens (primary N) is 1. The number of methoxy groups -OCH3 is 1. The monoisotopic (exact) mass is 307 g/mol. The zero-order chi connectivity index (χ0) is 16.2. The van der Waals surface area contributed by atoms with Gasteiger partial charge in [0.1, 0.15) is 5.75 Å². The van der Waals surface area contributed by atoms with Crippen LogP contribution in [0.2, 0.25) is 0 Å². The van der Waals surface area contributed by atoms with Crippen molar-refractivity contribution >= 4 is 10.8 Å². The Balaban J connectivity index is 1.93. The molecule has 0 aliphatic carbocycles. The van der Waals surface area contributed by atoms with E-state index >= 15 is 0 Å². The van der Waals surface area contributed by atoms with Crippen LogP contribution in [0, 0.1) is 0 Å². The van der Waals surface area contributed by atoms with Gasteiger partial charge in [-0.15, -0.1) is 0 Å². The lowest BCUT2D eigenvalue weighted by molar-refractivity contribution is 0.145. The van der Waals surface area contributed by atoms with Crippen molar-refractivity contribution in [2.75, 3.05) is 7.11 Å². The highest BCUT2D eigenvalue weighted by molar-refractivity contribution is 5.91. The molecule has 0 amide bonds. The van der Waals surface area contributed by atoms with E-state index in [9.17, 15) is 5.11 Å². The summed E-state index contributed by atoms with van der Waals surface area (Å²) in [4.78, 5) is 0. The molecule has 2 atom stereocenters. The summed E-state index contributed by atoms with van der Waals surface area (Å²) in [6, 6.07) is 21.3. The van der Waals surface area contributed by atoms with Gasteiger partial charge in [-0.05, 0) is 22.6 Å². The van der Waals surface area contributed by atoms with E-state index in [1.165, 1.54) is 0 Å². The lowest BCUT2D eigenvalue weighted by Gasteiger charge is -2.21. The molecular formula is C20H21NO2. The van der Waals surface area contributed by atoms with E-state index in [0.29, 0.717) is 6.42 Å². The number of hydrogen-bond acceptors (Lipinski definition) is 3. The first kappa shape index (κ1) is 15.5. The van der Waals surface area contributed by atoms with Gasteiger partial charge in [0.05, 0.1) is 19.3 Å². The third kappa shape index (κ3) is 3.21. The number of ether oxygens (including phenoxy) is 1. The lowest BCUT2D eigenvalue weighted by Crippen LogP contribution is -2.28. The molecule has 0 unspecified atom stereocenters. The van der Waals surface area contributed by atoms with Gasteiger partial charge in [0, 0.05) is 11.8 Å². The number of aliphatic hydroxyl groups excluding tert-OH is 1. The maximum atomic E-state index is 10.6. The third-order valence-electron chi connectivity index (χ3n) is 4.20. The lowest BCUT2D eigenvalue weighted by atomic mass is 9.92. The van der Waals surface area contributed by atoms with E-state index in [2.05, 4.69) is 0 Å². The molecule has 0 fully saturated rings. The summed E-state index contributed by atoms with van der Waals surface area (Å²) in [7, 11) is 1.66. The van der Waals surface area contributed by atoms with Gasteiger partial charge in [0.15, 0.2) is 0 Å². The minimum atomic E-state index is -0.644. The van der Waals surface area contributed by atoms with Crippen molar-refractivity contribution in [3.8, 4) is 5.75 Å². The second-order valence-electron chi connectivity index (χ2n) is 5.69. The van der Waals surface area contributed by atoms with Crippen LogP contribution >= 0.6 is 0 Å². The summed E-state index contributed by atoms with van der Waals surface area (Å²) < 4.78 is 5.42. The van der Waals surface area contributed by atoms with Gasteiger partial charge >= 0.3 is 0 Å². The number of aliphatic hydroxyl groups is 1. The molecule has 3 nitrogen and oxygen atoms in total. The second kappa shape index (κ2) is 6.82. The van der Waals surface area contributed by atoms with Crippen molar-refractivity contribution in [3.05, 3.63) is 77.9 Å². The molecule has 3 N–H and O–H groups in total. The Hall–Kier alpha value is -2.36. The summed E-state index contributed by atoms with van der Waals surface area (Å²) in [6.45, 7) is 0. The second-order valence-corrected chi connectivity index (χ2v) is 5.69. The number of benzene rings is 3. The van der Waals surface area contributed by atoms with E-state index in [4.69, 9.17) is 10.5 Å². The van der Waals surface area contributed by atoms with Crippen LogP contribution in [-0.2, 0) is 6.42 Å². The van der Waals surface area contributed by atoms with Crippen molar-refractivity contribution in [2.24, 2.45) is 5.73 Å². The van der Waals surface area contributed by atoms with Crippen molar-refractivity contribution < 1.29 is 9.84 Å². The quantitative estimate of drug-likeness (QED) is 0.759. The fourth-order valence-corrected chi connectivity index (χ4v) is 2.95. The van der Waals surface area contributed by atoms with E-state index < -0.39 is 12.1 Å². The predicted molar refractivity (Wildman–Crippen MR) is 93.6 cm³/mol. The highest BCUT2D eigenvalue weighted by Gasteiger charge is 2.20. The fraction of sp³-hybridized carbons (Fsp3) is 0.200. The molecule has 3 rings (SSSR count). The normalized spacial score (nSPS) is 13.7. The smallest absolute Gasteiger partial charge is 0.126 e. The van der Waals surface area contributed by atoms with Crippen molar-refractivity contribution in [1.29, 1.82) is 0 Å². The first-order chi connectivity index (χ1) is 11.2. The number of fused-ring (bicyclic) bond motifs is 1. The van der Waals surface area contributed by atoms with E-state index in [0.717, 1.165) is 27.6 Å². The summed E-state index contributed by atoms with van der Waals surface area (Å²) in [5.41, 5.74) is 8.37. The topological polar surface area (TPSA) is 55.5 Å². The molecule has 0 aliphatic rings. The predicted octanol–water partition coefficient (Wildman–Crippen LogP) is 3.45. The Kier molecular flexibility index (Phi) is 4.60. The maximum Gasteiger partial charge on any atom is 0.126 e. The largest absolute Gasteiger partial charge is 0.496 e. The molecule has 0 aromatic heterocycles. The zero-order valence-corrected chi connectivity index (χ0v) is 13.1. The molecule has 0 bridgehead atoms. The minimum Gasteiger partial charge on any atom is -0.496 e. The van der Waals surface area contributed by atoms with Crippen LogP contribution in [0.15, 0.2) is 66.7 Å². The average molecular weight is 307 g/mol. The van der Waals surface area contributed by atoms with E-state index in [-0.39, 0.29) is 0 Å². The molecule has 0 heterocycles. The Labute approximate surface area is 136 Å². The molecular weight excluding hydrogens is 286 g/mol. The van der Waals surface area contributed by atoms with Crippen LogP contribution in [0.4, 0.5) is 0 Å². The fourth-order valence-electron chi connectivity index (χ4n) is 2.95. The van der Waals surface area contributed by atoms with Crippen LogP contribution in [0.25, 0.3) is 10.8 Å². The molecule has 0 aliphatic heterocycles. The molecule has 23 heavy (non-hydrogen) atoms. The number of hydrogen-bond donors (Lipinski definition) is 2. The van der Waals surface area contributed by atoms with Crippen molar-refractivity contribution in [2.45, 2.75) is 18.6 Å². The molecule has 3 aromatic carbocycles. The van der Waals surface area contributed by atoms with Crippen molar-refractivity contribution in [3.63, 3.8) is 0 Å². The Morgan fingerprint density at radius 1 is 0.913 bits per heavy atom. The molecule has 0 saturated heterocycles. The summed E-state index contributed by atoms with van der Waals surface area (Å²) in [5, 5.41) is 12.6. The van der Waals surface area contributed by atoms with Gasteiger partial charge in [0.2, 0.25) is 0 Å². The molecule has 0 radical (unpaired) electrons. The molecule has 3 aromatic rings. The SMILES string of the molecule is COc1ccc([C@@H](N)[C@@H](O)Cc2ccccc2)c2ccccc12. The highest BCUT2D eigenvalue weighted by Crippen LogP contribution is 2.32. The summed E-state index contributed by atoms with van der Waals surface area (Å²) >= 11 is 0. The zero-order valence-electron chi connectivity index (χ0n) is 13.1. The van der Waals surface area contributed by atoms with Gasteiger partial charge < -0.3 is 15.6 Å². The Bertz CT molecular complexity index is 786. The van der Waals surface area contributed by atoms with Crippen LogP contribution in [0.3, 0.4) is 0 Å². The maximum absolute atomic E-state index is 10.6.